The van der Waals surface area contributed by atoms with Crippen LogP contribution in [0.2, 0.25) is 0 Å². The van der Waals surface area contributed by atoms with Crippen LogP contribution < -0.4 is 5.32 Å². The second-order valence-electron chi connectivity index (χ2n) is 6.06. The largest absolute Gasteiger partial charge is 0.351 e. The number of nitrogens with one attached hydrogen (secondary N) is 1. The van der Waals surface area contributed by atoms with E-state index >= 15 is 0 Å². The number of carbonyl (C=O) groups is 1. The number of pyridine rings is 1. The molecule has 0 aromatic carbocycles. The van der Waals surface area contributed by atoms with Crippen molar-refractivity contribution in [2.75, 3.05) is 0 Å². The van der Waals surface area contributed by atoms with Gasteiger partial charge in [0.25, 0.3) is 5.78 Å². The lowest BCUT2D eigenvalue weighted by Crippen LogP contribution is -2.26. The zero-order valence-corrected chi connectivity index (χ0v) is 14.9. The fourth-order valence-electron chi connectivity index (χ4n) is 2.77. The summed E-state index contributed by atoms with van der Waals surface area (Å²) in [7, 11) is 0. The van der Waals surface area contributed by atoms with E-state index in [0.29, 0.717) is 24.0 Å². The van der Waals surface area contributed by atoms with Crippen LogP contribution in [0.25, 0.3) is 11.6 Å². The van der Waals surface area contributed by atoms with Crippen LogP contribution in [0.3, 0.4) is 0 Å². The van der Waals surface area contributed by atoms with Crippen LogP contribution in [-0.2, 0) is 17.8 Å². The minimum atomic E-state index is -0.186. The summed E-state index contributed by atoms with van der Waals surface area (Å²) in [5.74, 6) is 1.36. The van der Waals surface area contributed by atoms with Gasteiger partial charge in [-0.25, -0.2) is 24.1 Å². The van der Waals surface area contributed by atoms with E-state index in [4.69, 9.17) is 0 Å². The molecule has 1 N–H and O–H groups in total. The first-order valence-corrected chi connectivity index (χ1v) is 8.35. The van der Waals surface area contributed by atoms with Crippen LogP contribution in [0.4, 0.5) is 0 Å². The van der Waals surface area contributed by atoms with E-state index in [9.17, 15) is 4.79 Å². The van der Waals surface area contributed by atoms with Gasteiger partial charge in [-0.2, -0.15) is 10.1 Å². The SMILES string of the molecule is Cc1cc(C)n2nc(CC(=O)NCc3cccnc3-n3cncn3)nc2n1. The van der Waals surface area contributed by atoms with Crippen molar-refractivity contribution >= 4 is 11.7 Å². The summed E-state index contributed by atoms with van der Waals surface area (Å²) >= 11 is 0. The van der Waals surface area contributed by atoms with Gasteiger partial charge in [-0.15, -0.1) is 5.10 Å². The molecule has 1 amide bonds. The lowest BCUT2D eigenvalue weighted by atomic mass is 10.2. The molecule has 0 saturated carbocycles. The van der Waals surface area contributed by atoms with Gasteiger partial charge in [0.15, 0.2) is 11.6 Å². The molecule has 136 valence electrons. The molecule has 0 aliphatic heterocycles. The van der Waals surface area contributed by atoms with Crippen molar-refractivity contribution in [1.29, 1.82) is 0 Å². The molecule has 4 aromatic rings. The van der Waals surface area contributed by atoms with E-state index in [1.807, 2.05) is 32.0 Å². The molecule has 0 unspecified atom stereocenters. The average molecular weight is 363 g/mol. The third kappa shape index (κ3) is 3.50. The first kappa shape index (κ1) is 16.8. The molecule has 27 heavy (non-hydrogen) atoms. The van der Waals surface area contributed by atoms with Crippen LogP contribution in [0.1, 0.15) is 22.8 Å². The molecule has 0 fully saturated rings. The molecule has 4 aromatic heterocycles. The van der Waals surface area contributed by atoms with Crippen molar-refractivity contribution in [3.63, 3.8) is 0 Å². The van der Waals surface area contributed by atoms with Crippen molar-refractivity contribution in [1.82, 2.24) is 44.6 Å². The molecule has 0 radical (unpaired) electrons. The van der Waals surface area contributed by atoms with Gasteiger partial charge in [0, 0.05) is 29.7 Å². The fourth-order valence-corrected chi connectivity index (χ4v) is 2.77. The average Bonchev–Trinajstić information content (AvgIpc) is 3.30. The van der Waals surface area contributed by atoms with Crippen molar-refractivity contribution in [3.05, 3.63) is 59.8 Å². The Labute approximate surface area is 154 Å². The quantitative estimate of drug-likeness (QED) is 0.551. The lowest BCUT2D eigenvalue weighted by molar-refractivity contribution is -0.120. The number of fused-ring (bicyclic) bond motifs is 1. The Kier molecular flexibility index (Phi) is 4.29. The number of aryl methyl sites for hydroxylation is 2. The number of carbonyl (C=O) groups excluding carboxylic acids is 1. The molecule has 0 atom stereocenters. The van der Waals surface area contributed by atoms with Crippen LogP contribution >= 0.6 is 0 Å². The summed E-state index contributed by atoms with van der Waals surface area (Å²) in [6.07, 6.45) is 4.73. The van der Waals surface area contributed by atoms with Crippen LogP contribution in [-0.4, -0.2) is 45.2 Å². The van der Waals surface area contributed by atoms with E-state index in [2.05, 4.69) is 35.5 Å². The van der Waals surface area contributed by atoms with Crippen LogP contribution in [0.5, 0.6) is 0 Å². The summed E-state index contributed by atoms with van der Waals surface area (Å²) < 4.78 is 3.20. The second-order valence-corrected chi connectivity index (χ2v) is 6.06. The molecule has 0 aliphatic rings. The third-order valence-corrected chi connectivity index (χ3v) is 3.96. The van der Waals surface area contributed by atoms with Crippen LogP contribution in [0, 0.1) is 13.8 Å². The molecular formula is C17H17N9O. The van der Waals surface area contributed by atoms with E-state index in [0.717, 1.165) is 17.0 Å². The molecule has 0 aliphatic carbocycles. The summed E-state index contributed by atoms with van der Waals surface area (Å²) in [5.41, 5.74) is 2.61. The third-order valence-electron chi connectivity index (χ3n) is 3.96. The van der Waals surface area contributed by atoms with Crippen molar-refractivity contribution < 1.29 is 4.79 Å². The summed E-state index contributed by atoms with van der Waals surface area (Å²) in [6, 6.07) is 5.60. The molecule has 4 heterocycles. The number of hydrogen-bond donors (Lipinski definition) is 1. The fraction of sp³-hybridized carbons (Fsp3) is 0.235. The monoisotopic (exact) mass is 363 g/mol. The van der Waals surface area contributed by atoms with Gasteiger partial charge in [0.1, 0.15) is 12.7 Å². The van der Waals surface area contributed by atoms with Crippen molar-refractivity contribution in [2.24, 2.45) is 0 Å². The zero-order chi connectivity index (χ0) is 18.8. The topological polar surface area (TPSA) is 116 Å². The zero-order valence-electron chi connectivity index (χ0n) is 14.9. The maximum Gasteiger partial charge on any atom is 0.252 e. The lowest BCUT2D eigenvalue weighted by Gasteiger charge is -2.08. The maximum atomic E-state index is 12.3. The maximum absolute atomic E-state index is 12.3. The number of amides is 1. The van der Waals surface area contributed by atoms with E-state index < -0.39 is 0 Å². The highest BCUT2D eigenvalue weighted by Crippen LogP contribution is 2.10. The van der Waals surface area contributed by atoms with E-state index in [1.165, 1.54) is 6.33 Å². The smallest absolute Gasteiger partial charge is 0.252 e. The Morgan fingerprint density at radius 2 is 2.15 bits per heavy atom. The van der Waals surface area contributed by atoms with Gasteiger partial charge in [0.05, 0.1) is 6.42 Å². The Hall–Kier alpha value is -3.69. The summed E-state index contributed by atoms with van der Waals surface area (Å²) in [5, 5.41) is 11.3. The number of rotatable bonds is 5. The highest BCUT2D eigenvalue weighted by Gasteiger charge is 2.13. The van der Waals surface area contributed by atoms with Gasteiger partial charge in [0.2, 0.25) is 5.91 Å². The van der Waals surface area contributed by atoms with Gasteiger partial charge in [-0.1, -0.05) is 6.07 Å². The highest BCUT2D eigenvalue weighted by molar-refractivity contribution is 5.77. The Morgan fingerprint density at radius 1 is 1.26 bits per heavy atom. The Bertz CT molecular complexity index is 1100. The van der Waals surface area contributed by atoms with E-state index in [1.54, 1.807) is 21.7 Å². The standard InChI is InChI=1S/C17H17N9O/c1-11-6-12(2)26-17(22-11)23-14(24-26)7-15(27)20-8-13-4-3-5-19-16(13)25-10-18-9-21-25/h3-6,9-10H,7-8H2,1-2H3,(H,20,27). The molecule has 0 bridgehead atoms. The molecule has 10 nitrogen and oxygen atoms in total. The summed E-state index contributed by atoms with van der Waals surface area (Å²) in [4.78, 5) is 29.2. The van der Waals surface area contributed by atoms with Crippen molar-refractivity contribution in [3.8, 4) is 5.82 Å². The van der Waals surface area contributed by atoms with Crippen molar-refractivity contribution in [2.45, 2.75) is 26.8 Å². The van der Waals surface area contributed by atoms with Gasteiger partial charge in [-0.3, -0.25) is 4.79 Å². The first-order chi connectivity index (χ1) is 13.1. The Balaban J connectivity index is 1.46. The number of hydrogen-bond acceptors (Lipinski definition) is 7. The van der Waals surface area contributed by atoms with Gasteiger partial charge in [-0.05, 0) is 26.0 Å². The molecule has 4 rings (SSSR count). The normalized spacial score (nSPS) is 11.0. The predicted molar refractivity (Wildman–Crippen MR) is 95.0 cm³/mol. The minimum absolute atomic E-state index is 0.0702. The second kappa shape index (κ2) is 6.90. The molecule has 0 spiro atoms. The number of nitrogens with zero attached hydrogens (tertiary/aromatic N) is 8. The van der Waals surface area contributed by atoms with Gasteiger partial charge >= 0.3 is 0 Å². The Morgan fingerprint density at radius 3 is 2.96 bits per heavy atom. The molecular weight excluding hydrogens is 346 g/mol. The predicted octanol–water partition coefficient (Wildman–Crippen LogP) is 0.576. The minimum Gasteiger partial charge on any atom is -0.351 e. The molecule has 0 saturated heterocycles. The molecule has 10 heteroatoms. The number of aromatic nitrogens is 8. The summed E-state index contributed by atoms with van der Waals surface area (Å²) in [6.45, 7) is 4.13. The highest BCUT2D eigenvalue weighted by atomic mass is 16.1. The van der Waals surface area contributed by atoms with E-state index in [-0.39, 0.29) is 12.3 Å². The van der Waals surface area contributed by atoms with Gasteiger partial charge < -0.3 is 5.32 Å². The first-order valence-electron chi connectivity index (χ1n) is 8.35. The van der Waals surface area contributed by atoms with Crippen LogP contribution in [0.15, 0.2) is 37.1 Å².